The molecule has 2 aromatic rings. The third-order valence-electron chi connectivity index (χ3n) is 3.90. The third kappa shape index (κ3) is 8.52. The van der Waals surface area contributed by atoms with Crippen LogP contribution in [0.4, 0.5) is 11.4 Å². The summed E-state index contributed by atoms with van der Waals surface area (Å²) in [4.78, 5) is 33.9. The first-order valence-corrected chi connectivity index (χ1v) is 10.6. The highest BCUT2D eigenvalue weighted by Crippen LogP contribution is 2.17. The number of hydrogen-bond donors (Lipinski definition) is 1. The predicted molar refractivity (Wildman–Crippen MR) is 116 cm³/mol. The van der Waals surface area contributed by atoms with Gasteiger partial charge in [0, 0.05) is 17.8 Å². The number of amides is 1. The van der Waals surface area contributed by atoms with E-state index >= 15 is 0 Å². The molecular weight excluding hydrogens is 408 g/mol. The number of carbonyl (C=O) groups is 2. The molecule has 0 radical (unpaired) electrons. The summed E-state index contributed by atoms with van der Waals surface area (Å²) >= 11 is 1.15. The molecule has 8 nitrogen and oxygen atoms in total. The highest BCUT2D eigenvalue weighted by Gasteiger charge is 2.09. The Balaban J connectivity index is 1.63. The van der Waals surface area contributed by atoms with Crippen LogP contribution in [0.5, 0.6) is 5.75 Å². The van der Waals surface area contributed by atoms with E-state index < -0.39 is 10.9 Å². The Morgan fingerprint density at radius 2 is 1.77 bits per heavy atom. The van der Waals surface area contributed by atoms with E-state index in [-0.39, 0.29) is 29.7 Å². The number of nitrogens with one attached hydrogen (secondary N) is 1. The van der Waals surface area contributed by atoms with Crippen LogP contribution in [0.1, 0.15) is 25.3 Å². The van der Waals surface area contributed by atoms with Crippen LogP contribution in [0.25, 0.3) is 0 Å². The summed E-state index contributed by atoms with van der Waals surface area (Å²) in [7, 11) is 0. The van der Waals surface area contributed by atoms with Crippen molar-refractivity contribution in [3.05, 3.63) is 64.2 Å². The SMILES string of the molecule is CCCCOc1ccc(NC(=O)CSCC(=O)OCc2ccc([N+](=O)[O-])cc2)cc1. The van der Waals surface area contributed by atoms with Crippen molar-refractivity contribution in [2.24, 2.45) is 0 Å². The van der Waals surface area contributed by atoms with Gasteiger partial charge in [0.1, 0.15) is 12.4 Å². The summed E-state index contributed by atoms with van der Waals surface area (Å²) in [6, 6.07) is 12.9. The minimum Gasteiger partial charge on any atom is -0.494 e. The smallest absolute Gasteiger partial charge is 0.316 e. The van der Waals surface area contributed by atoms with Crippen LogP contribution < -0.4 is 10.1 Å². The molecule has 0 spiro atoms. The van der Waals surface area contributed by atoms with Gasteiger partial charge in [0.05, 0.1) is 23.0 Å². The summed E-state index contributed by atoms with van der Waals surface area (Å²) < 4.78 is 10.7. The van der Waals surface area contributed by atoms with Gasteiger partial charge in [-0.1, -0.05) is 13.3 Å². The molecule has 1 amide bonds. The highest BCUT2D eigenvalue weighted by atomic mass is 32.2. The fourth-order valence-corrected chi connectivity index (χ4v) is 2.92. The van der Waals surface area contributed by atoms with Crippen LogP contribution in [-0.4, -0.2) is 34.9 Å². The van der Waals surface area contributed by atoms with E-state index in [1.165, 1.54) is 24.3 Å². The number of rotatable bonds is 12. The number of unbranched alkanes of at least 4 members (excludes halogenated alkanes) is 1. The van der Waals surface area contributed by atoms with Gasteiger partial charge in [-0.15, -0.1) is 11.8 Å². The zero-order valence-electron chi connectivity index (χ0n) is 16.7. The van der Waals surface area contributed by atoms with Crippen molar-refractivity contribution in [1.29, 1.82) is 0 Å². The van der Waals surface area contributed by atoms with Gasteiger partial charge in [0.15, 0.2) is 0 Å². The maximum Gasteiger partial charge on any atom is 0.316 e. The number of ether oxygens (including phenoxy) is 2. The molecule has 0 heterocycles. The van der Waals surface area contributed by atoms with Crippen LogP contribution in [0, 0.1) is 10.1 Å². The molecule has 0 saturated heterocycles. The molecule has 0 unspecified atom stereocenters. The summed E-state index contributed by atoms with van der Waals surface area (Å²) in [5.74, 6) is 0.223. The second kappa shape index (κ2) is 12.5. The molecule has 0 fully saturated rings. The number of benzene rings is 2. The number of nitro benzene ring substituents is 1. The molecule has 0 aliphatic heterocycles. The molecule has 30 heavy (non-hydrogen) atoms. The topological polar surface area (TPSA) is 108 Å². The van der Waals surface area contributed by atoms with Gasteiger partial charge < -0.3 is 14.8 Å². The summed E-state index contributed by atoms with van der Waals surface area (Å²) in [5.41, 5.74) is 1.29. The monoisotopic (exact) mass is 432 g/mol. The van der Waals surface area contributed by atoms with Crippen LogP contribution >= 0.6 is 11.8 Å². The van der Waals surface area contributed by atoms with Crippen molar-refractivity contribution in [3.63, 3.8) is 0 Å². The average Bonchev–Trinajstić information content (AvgIpc) is 2.74. The number of hydrogen-bond acceptors (Lipinski definition) is 7. The van der Waals surface area contributed by atoms with Crippen LogP contribution in [0.3, 0.4) is 0 Å². The molecule has 0 atom stereocenters. The van der Waals surface area contributed by atoms with Gasteiger partial charge in [-0.25, -0.2) is 0 Å². The van der Waals surface area contributed by atoms with Crippen molar-refractivity contribution >= 4 is 35.0 Å². The quantitative estimate of drug-likeness (QED) is 0.232. The molecule has 0 bridgehead atoms. The molecule has 1 N–H and O–H groups in total. The molecule has 160 valence electrons. The Morgan fingerprint density at radius 3 is 2.40 bits per heavy atom. The van der Waals surface area contributed by atoms with Gasteiger partial charge in [-0.2, -0.15) is 0 Å². The van der Waals surface area contributed by atoms with Crippen molar-refractivity contribution in [1.82, 2.24) is 0 Å². The Morgan fingerprint density at radius 1 is 1.07 bits per heavy atom. The summed E-state index contributed by atoms with van der Waals surface area (Å²) in [6.07, 6.45) is 2.06. The number of non-ortho nitro benzene ring substituents is 1. The average molecular weight is 432 g/mol. The number of thioether (sulfide) groups is 1. The van der Waals surface area contributed by atoms with Crippen molar-refractivity contribution in [3.8, 4) is 5.75 Å². The number of nitro groups is 1. The van der Waals surface area contributed by atoms with Crippen molar-refractivity contribution in [2.45, 2.75) is 26.4 Å². The molecule has 2 aromatic carbocycles. The van der Waals surface area contributed by atoms with E-state index in [0.29, 0.717) is 17.9 Å². The fraction of sp³-hybridized carbons (Fsp3) is 0.333. The second-order valence-corrected chi connectivity index (χ2v) is 7.34. The van der Waals surface area contributed by atoms with E-state index in [1.807, 2.05) is 0 Å². The van der Waals surface area contributed by atoms with E-state index in [9.17, 15) is 19.7 Å². The van der Waals surface area contributed by atoms with Crippen LogP contribution in [0.15, 0.2) is 48.5 Å². The summed E-state index contributed by atoms with van der Waals surface area (Å²) in [6.45, 7) is 2.79. The number of anilines is 1. The Hall–Kier alpha value is -3.07. The number of esters is 1. The van der Waals surface area contributed by atoms with E-state index in [2.05, 4.69) is 12.2 Å². The first kappa shape index (κ1) is 23.2. The van der Waals surface area contributed by atoms with E-state index in [0.717, 1.165) is 30.4 Å². The molecule has 0 aromatic heterocycles. The maximum absolute atomic E-state index is 12.0. The lowest BCUT2D eigenvalue weighted by molar-refractivity contribution is -0.384. The first-order chi connectivity index (χ1) is 14.5. The largest absolute Gasteiger partial charge is 0.494 e. The molecule has 0 saturated carbocycles. The number of carbonyl (C=O) groups excluding carboxylic acids is 2. The van der Waals surface area contributed by atoms with Crippen LogP contribution in [-0.2, 0) is 20.9 Å². The zero-order valence-corrected chi connectivity index (χ0v) is 17.5. The fourth-order valence-electron chi connectivity index (χ4n) is 2.31. The molecule has 9 heteroatoms. The molecule has 2 rings (SSSR count). The Kier molecular flexibility index (Phi) is 9.66. The molecule has 0 aliphatic rings. The van der Waals surface area contributed by atoms with Gasteiger partial charge in [-0.3, -0.25) is 19.7 Å². The van der Waals surface area contributed by atoms with Crippen LogP contribution in [0.2, 0.25) is 0 Å². The summed E-state index contributed by atoms with van der Waals surface area (Å²) in [5, 5.41) is 13.4. The minimum absolute atomic E-state index is 0.0229. The van der Waals surface area contributed by atoms with Gasteiger partial charge >= 0.3 is 5.97 Å². The van der Waals surface area contributed by atoms with Gasteiger partial charge in [-0.05, 0) is 48.4 Å². The normalized spacial score (nSPS) is 10.3. The van der Waals surface area contributed by atoms with Crippen molar-refractivity contribution < 1.29 is 24.0 Å². The zero-order chi connectivity index (χ0) is 21.8. The number of nitrogens with zero attached hydrogens (tertiary/aromatic N) is 1. The third-order valence-corrected chi connectivity index (χ3v) is 4.81. The molecular formula is C21H24N2O6S. The Bertz CT molecular complexity index is 840. The Labute approximate surface area is 179 Å². The lowest BCUT2D eigenvalue weighted by atomic mass is 10.2. The van der Waals surface area contributed by atoms with Gasteiger partial charge in [0.25, 0.3) is 5.69 Å². The first-order valence-electron chi connectivity index (χ1n) is 9.47. The van der Waals surface area contributed by atoms with E-state index in [4.69, 9.17) is 9.47 Å². The maximum atomic E-state index is 12.0. The van der Waals surface area contributed by atoms with Gasteiger partial charge in [0.2, 0.25) is 5.91 Å². The molecule has 0 aliphatic carbocycles. The lowest BCUT2D eigenvalue weighted by Gasteiger charge is -2.08. The second-order valence-electron chi connectivity index (χ2n) is 6.35. The minimum atomic E-state index is -0.493. The highest BCUT2D eigenvalue weighted by molar-refractivity contribution is 8.00. The lowest BCUT2D eigenvalue weighted by Crippen LogP contribution is -2.16. The van der Waals surface area contributed by atoms with Crippen molar-refractivity contribution in [2.75, 3.05) is 23.4 Å². The predicted octanol–water partition coefficient (Wildman–Crippen LogP) is 4.19. The van der Waals surface area contributed by atoms with E-state index in [1.54, 1.807) is 24.3 Å². The standard InChI is InChI=1S/C21H24N2O6S/c1-2-3-12-28-19-10-6-17(7-11-19)22-20(24)14-30-15-21(25)29-13-16-4-8-18(9-5-16)23(26)27/h4-11H,2-3,12-15H2,1H3,(H,22,24).